The van der Waals surface area contributed by atoms with Crippen molar-refractivity contribution in [3.63, 3.8) is 0 Å². The number of hydrogen-bond donors (Lipinski definition) is 1. The molecule has 1 heterocycles. The van der Waals surface area contributed by atoms with Gasteiger partial charge in [-0.05, 0) is 66.6 Å². The summed E-state index contributed by atoms with van der Waals surface area (Å²) >= 11 is 13.9. The van der Waals surface area contributed by atoms with Gasteiger partial charge < -0.3 is 14.8 Å². The Kier molecular flexibility index (Phi) is 8.02. The highest BCUT2D eigenvalue weighted by molar-refractivity contribution is 7.16. The molecule has 1 aromatic heterocycles. The third-order valence-corrected chi connectivity index (χ3v) is 7.79. The average Bonchev–Trinajstić information content (AvgIpc) is 3.18. The lowest BCUT2D eigenvalue weighted by Crippen LogP contribution is -2.10. The molecule has 1 unspecified atom stereocenters. The number of benzene rings is 2. The van der Waals surface area contributed by atoms with E-state index in [9.17, 15) is 10.1 Å². The van der Waals surface area contributed by atoms with Crippen molar-refractivity contribution in [2.45, 2.75) is 32.8 Å². The van der Waals surface area contributed by atoms with Gasteiger partial charge in [0, 0.05) is 26.6 Å². The maximum absolute atomic E-state index is 12.6. The molecule has 1 aliphatic rings. The normalized spacial score (nSPS) is 14.9. The fourth-order valence-corrected chi connectivity index (χ4v) is 5.88. The van der Waals surface area contributed by atoms with E-state index in [1.807, 2.05) is 6.07 Å². The molecule has 0 saturated carbocycles. The van der Waals surface area contributed by atoms with Crippen LogP contribution in [0.25, 0.3) is 6.08 Å². The number of ether oxygens (including phenoxy) is 2. The first kappa shape index (κ1) is 25.1. The summed E-state index contributed by atoms with van der Waals surface area (Å²) in [5, 5.41) is 14.2. The monoisotopic (exact) mass is 526 g/mol. The number of fused-ring (bicyclic) bond motifs is 1. The molecule has 8 heteroatoms. The number of nitriles is 1. The first-order chi connectivity index (χ1) is 16.9. The third-order valence-electron chi connectivity index (χ3n) is 5.91. The van der Waals surface area contributed by atoms with E-state index in [1.165, 1.54) is 22.3 Å². The summed E-state index contributed by atoms with van der Waals surface area (Å²) in [5.41, 5.74) is 3.15. The van der Waals surface area contributed by atoms with Crippen molar-refractivity contribution in [3.8, 4) is 17.6 Å². The Labute approximate surface area is 218 Å². The molecule has 0 radical (unpaired) electrons. The summed E-state index contributed by atoms with van der Waals surface area (Å²) in [6, 6.07) is 12.9. The van der Waals surface area contributed by atoms with Gasteiger partial charge in [-0.1, -0.05) is 42.3 Å². The second-order valence-corrected chi connectivity index (χ2v) is 10.3. The molecular formula is C27H24Cl2N2O3S. The zero-order valence-corrected chi connectivity index (χ0v) is 21.7. The second kappa shape index (κ2) is 11.2. The summed E-state index contributed by atoms with van der Waals surface area (Å²) in [7, 11) is 1.55. The lowest BCUT2D eigenvalue weighted by Gasteiger charge is -2.17. The molecule has 1 N–H and O–H groups in total. The number of carbonyl (C=O) groups is 1. The molecule has 3 aromatic rings. The number of amides is 1. The quantitative estimate of drug-likeness (QED) is 0.328. The van der Waals surface area contributed by atoms with E-state index in [0.29, 0.717) is 43.6 Å². The maximum atomic E-state index is 12.6. The van der Waals surface area contributed by atoms with Gasteiger partial charge in [0.05, 0.1) is 12.7 Å². The lowest BCUT2D eigenvalue weighted by molar-refractivity contribution is -0.111. The van der Waals surface area contributed by atoms with Crippen LogP contribution in [0.3, 0.4) is 0 Å². The van der Waals surface area contributed by atoms with Crippen molar-refractivity contribution >= 4 is 51.5 Å². The summed E-state index contributed by atoms with van der Waals surface area (Å²) in [4.78, 5) is 13.8. The third kappa shape index (κ3) is 5.82. The van der Waals surface area contributed by atoms with Gasteiger partial charge in [-0.15, -0.1) is 11.3 Å². The molecule has 2 aromatic carbocycles. The number of nitrogens with zero attached hydrogens (tertiary/aromatic N) is 1. The zero-order chi connectivity index (χ0) is 24.9. The van der Waals surface area contributed by atoms with Crippen LogP contribution in [0.1, 0.15) is 40.5 Å². The fraction of sp³-hybridized carbons (Fsp3) is 0.259. The van der Waals surface area contributed by atoms with E-state index in [4.69, 9.17) is 32.7 Å². The van der Waals surface area contributed by atoms with E-state index < -0.39 is 0 Å². The molecule has 0 fully saturated rings. The minimum atomic E-state index is -0.291. The molecule has 0 bridgehead atoms. The van der Waals surface area contributed by atoms with Gasteiger partial charge in [0.15, 0.2) is 11.5 Å². The number of anilines is 1. The SMILES string of the molecule is COc1cc(/C=C/C(=O)Nc2sc3c(c2C#N)CCC(C)C3)ccc1OCc1c(Cl)cccc1Cl. The minimum absolute atomic E-state index is 0.192. The van der Waals surface area contributed by atoms with Crippen LogP contribution >= 0.6 is 34.5 Å². The van der Waals surface area contributed by atoms with Gasteiger partial charge in [-0.2, -0.15) is 5.26 Å². The van der Waals surface area contributed by atoms with Gasteiger partial charge >= 0.3 is 0 Å². The Morgan fingerprint density at radius 3 is 2.74 bits per heavy atom. The fourth-order valence-electron chi connectivity index (χ4n) is 4.01. The van der Waals surface area contributed by atoms with Crippen LogP contribution in [0.2, 0.25) is 10.0 Å². The van der Waals surface area contributed by atoms with Crippen molar-refractivity contribution in [2.75, 3.05) is 12.4 Å². The highest BCUT2D eigenvalue weighted by atomic mass is 35.5. The van der Waals surface area contributed by atoms with Crippen LogP contribution in [0.15, 0.2) is 42.5 Å². The number of carbonyl (C=O) groups excluding carboxylic acids is 1. The van der Waals surface area contributed by atoms with Crippen LogP contribution in [0, 0.1) is 17.2 Å². The highest BCUT2D eigenvalue weighted by Gasteiger charge is 2.24. The summed E-state index contributed by atoms with van der Waals surface area (Å²) in [6.45, 7) is 2.41. The second-order valence-electron chi connectivity index (χ2n) is 8.39. The number of halogens is 2. The van der Waals surface area contributed by atoms with Crippen LogP contribution in [0.4, 0.5) is 5.00 Å². The molecule has 5 nitrogen and oxygen atoms in total. The van der Waals surface area contributed by atoms with Crippen LogP contribution in [-0.4, -0.2) is 13.0 Å². The standard InChI is InChI=1S/C27H24Cl2N2O3S/c1-16-6-9-18-19(14-30)27(35-25(18)12-16)31-26(32)11-8-17-7-10-23(24(13-17)33-2)34-15-20-21(28)4-3-5-22(20)29/h3-5,7-8,10-11,13,16H,6,9,12,15H2,1-2H3,(H,31,32)/b11-8+. The smallest absolute Gasteiger partial charge is 0.249 e. The van der Waals surface area contributed by atoms with Crippen molar-refractivity contribution < 1.29 is 14.3 Å². The van der Waals surface area contributed by atoms with E-state index in [1.54, 1.807) is 43.5 Å². The van der Waals surface area contributed by atoms with Gasteiger partial charge in [-0.3, -0.25) is 4.79 Å². The number of methoxy groups -OCH3 is 1. The number of nitrogens with one attached hydrogen (secondary N) is 1. The van der Waals surface area contributed by atoms with Gasteiger partial charge in [0.25, 0.3) is 0 Å². The summed E-state index contributed by atoms with van der Waals surface area (Å²) in [6.07, 6.45) is 6.05. The molecule has 180 valence electrons. The minimum Gasteiger partial charge on any atom is -0.493 e. The Bertz CT molecular complexity index is 1310. The number of rotatable bonds is 7. The number of thiophene rings is 1. The van der Waals surface area contributed by atoms with Crippen LogP contribution in [0.5, 0.6) is 11.5 Å². The maximum Gasteiger partial charge on any atom is 0.249 e. The number of hydrogen-bond acceptors (Lipinski definition) is 5. The Balaban J connectivity index is 1.44. The molecule has 0 spiro atoms. The Hall–Kier alpha value is -2.98. The molecular weight excluding hydrogens is 503 g/mol. The van der Waals surface area contributed by atoms with Crippen molar-refractivity contribution in [1.82, 2.24) is 0 Å². The van der Waals surface area contributed by atoms with Gasteiger partial charge in [0.2, 0.25) is 5.91 Å². The Morgan fingerprint density at radius 2 is 2.03 bits per heavy atom. The first-order valence-corrected chi connectivity index (χ1v) is 12.7. The van der Waals surface area contributed by atoms with E-state index in [-0.39, 0.29) is 12.5 Å². The highest BCUT2D eigenvalue weighted by Crippen LogP contribution is 2.39. The summed E-state index contributed by atoms with van der Waals surface area (Å²) < 4.78 is 11.3. The predicted molar refractivity (Wildman–Crippen MR) is 142 cm³/mol. The lowest BCUT2D eigenvalue weighted by atomic mass is 9.89. The first-order valence-electron chi connectivity index (χ1n) is 11.2. The molecule has 1 aliphatic carbocycles. The average molecular weight is 527 g/mol. The van der Waals surface area contributed by atoms with E-state index in [0.717, 1.165) is 30.4 Å². The van der Waals surface area contributed by atoms with E-state index >= 15 is 0 Å². The molecule has 0 saturated heterocycles. The summed E-state index contributed by atoms with van der Waals surface area (Å²) in [5.74, 6) is 1.35. The predicted octanol–water partition coefficient (Wildman–Crippen LogP) is 7.29. The zero-order valence-electron chi connectivity index (χ0n) is 19.4. The molecule has 0 aliphatic heterocycles. The molecule has 35 heavy (non-hydrogen) atoms. The largest absolute Gasteiger partial charge is 0.493 e. The topological polar surface area (TPSA) is 71.3 Å². The van der Waals surface area contributed by atoms with Crippen LogP contribution in [-0.2, 0) is 24.2 Å². The molecule has 4 rings (SSSR count). The van der Waals surface area contributed by atoms with Gasteiger partial charge in [-0.25, -0.2) is 0 Å². The van der Waals surface area contributed by atoms with Crippen molar-refractivity contribution in [1.29, 1.82) is 5.26 Å². The molecule has 1 amide bonds. The van der Waals surface area contributed by atoms with Crippen LogP contribution < -0.4 is 14.8 Å². The molecule has 1 atom stereocenters. The Morgan fingerprint density at radius 1 is 1.26 bits per heavy atom. The van der Waals surface area contributed by atoms with Gasteiger partial charge in [0.1, 0.15) is 17.7 Å². The van der Waals surface area contributed by atoms with Crippen molar-refractivity contribution in [2.24, 2.45) is 5.92 Å². The van der Waals surface area contributed by atoms with E-state index in [2.05, 4.69) is 18.3 Å². The van der Waals surface area contributed by atoms with Crippen molar-refractivity contribution in [3.05, 3.63) is 79.7 Å².